The fraction of sp³-hybridized carbons (Fsp3) is 0.320. The number of rotatable bonds is 4. The Labute approximate surface area is 185 Å². The third-order valence-electron chi connectivity index (χ3n) is 6.69. The lowest BCUT2D eigenvalue weighted by atomic mass is 10.1. The Kier molecular flexibility index (Phi) is 4.66. The molecule has 164 valence electrons. The second-order valence-electron chi connectivity index (χ2n) is 8.72. The van der Waals surface area contributed by atoms with Crippen molar-refractivity contribution in [1.82, 2.24) is 19.8 Å². The molecule has 2 N–H and O–H groups in total. The van der Waals surface area contributed by atoms with E-state index in [0.717, 1.165) is 77.3 Å². The fourth-order valence-electron chi connectivity index (χ4n) is 4.90. The molecular formula is C25H26N4O3. The van der Waals surface area contributed by atoms with E-state index in [4.69, 9.17) is 9.47 Å². The maximum atomic E-state index is 12.8. The quantitative estimate of drug-likeness (QED) is 0.519. The van der Waals surface area contributed by atoms with Gasteiger partial charge in [-0.3, -0.25) is 14.6 Å². The number of hydrogen-bond donors (Lipinski definition) is 2. The first kappa shape index (κ1) is 19.4. The maximum Gasteiger partial charge on any atom is 0.231 e. The summed E-state index contributed by atoms with van der Waals surface area (Å²) in [7, 11) is 0. The zero-order valence-corrected chi connectivity index (χ0v) is 18.1. The van der Waals surface area contributed by atoms with E-state index in [1.165, 1.54) is 5.56 Å². The van der Waals surface area contributed by atoms with Gasteiger partial charge in [0.15, 0.2) is 16.9 Å². The van der Waals surface area contributed by atoms with Crippen molar-refractivity contribution in [2.24, 2.45) is 0 Å². The van der Waals surface area contributed by atoms with Crippen molar-refractivity contribution in [3.8, 4) is 11.5 Å². The van der Waals surface area contributed by atoms with Crippen molar-refractivity contribution >= 4 is 21.8 Å². The molecule has 2 aromatic heterocycles. The lowest BCUT2D eigenvalue weighted by Gasteiger charge is -2.34. The third kappa shape index (κ3) is 3.34. The summed E-state index contributed by atoms with van der Waals surface area (Å²) < 4.78 is 10.9. The van der Waals surface area contributed by atoms with Gasteiger partial charge in [0, 0.05) is 67.5 Å². The first-order chi connectivity index (χ1) is 15.7. The monoisotopic (exact) mass is 430 g/mol. The molecule has 0 saturated carbocycles. The molecule has 0 aliphatic carbocycles. The van der Waals surface area contributed by atoms with Crippen molar-refractivity contribution in [3.05, 3.63) is 69.6 Å². The van der Waals surface area contributed by atoms with Gasteiger partial charge in [-0.15, -0.1) is 0 Å². The van der Waals surface area contributed by atoms with Crippen LogP contribution in [0, 0.1) is 6.92 Å². The summed E-state index contributed by atoms with van der Waals surface area (Å²) >= 11 is 0. The topological polar surface area (TPSA) is 73.6 Å². The number of piperazine rings is 1. The number of aryl methyl sites for hydroxylation is 1. The van der Waals surface area contributed by atoms with Gasteiger partial charge in [-0.25, -0.2) is 0 Å². The minimum absolute atomic E-state index is 0.105. The molecule has 0 amide bonds. The molecule has 0 bridgehead atoms. The van der Waals surface area contributed by atoms with E-state index in [9.17, 15) is 4.79 Å². The summed E-state index contributed by atoms with van der Waals surface area (Å²) in [6, 6.07) is 11.9. The molecule has 4 aromatic rings. The summed E-state index contributed by atoms with van der Waals surface area (Å²) in [6.07, 6.45) is 1.95. The number of benzene rings is 2. The van der Waals surface area contributed by atoms with Crippen LogP contribution in [-0.2, 0) is 13.1 Å². The average molecular weight is 431 g/mol. The van der Waals surface area contributed by atoms with E-state index < -0.39 is 0 Å². The predicted molar refractivity (Wildman–Crippen MR) is 124 cm³/mol. The molecule has 2 aliphatic rings. The summed E-state index contributed by atoms with van der Waals surface area (Å²) in [5.74, 6) is 1.66. The number of pyridine rings is 1. The Hall–Kier alpha value is -3.29. The van der Waals surface area contributed by atoms with Crippen LogP contribution in [0.4, 0.5) is 0 Å². The molecule has 7 heteroatoms. The van der Waals surface area contributed by atoms with Gasteiger partial charge < -0.3 is 19.4 Å². The lowest BCUT2D eigenvalue weighted by Crippen LogP contribution is -2.45. The van der Waals surface area contributed by atoms with Crippen LogP contribution in [0.3, 0.4) is 0 Å². The van der Waals surface area contributed by atoms with Crippen molar-refractivity contribution in [3.63, 3.8) is 0 Å². The van der Waals surface area contributed by atoms with Crippen LogP contribution in [0.25, 0.3) is 21.8 Å². The van der Waals surface area contributed by atoms with Gasteiger partial charge in [0.05, 0.1) is 11.0 Å². The zero-order chi connectivity index (χ0) is 21.7. The van der Waals surface area contributed by atoms with Crippen molar-refractivity contribution in [2.75, 3.05) is 33.0 Å². The van der Waals surface area contributed by atoms with Crippen LogP contribution in [0.15, 0.2) is 47.4 Å². The second-order valence-corrected chi connectivity index (χ2v) is 8.72. The van der Waals surface area contributed by atoms with Crippen molar-refractivity contribution in [1.29, 1.82) is 0 Å². The van der Waals surface area contributed by atoms with Crippen LogP contribution in [0.5, 0.6) is 11.5 Å². The van der Waals surface area contributed by atoms with E-state index in [1.54, 1.807) is 6.07 Å². The molecule has 1 fully saturated rings. The number of fused-ring (bicyclic) bond motifs is 4. The smallest absolute Gasteiger partial charge is 0.231 e. The maximum absolute atomic E-state index is 12.8. The minimum atomic E-state index is 0.105. The number of aromatic nitrogens is 2. The van der Waals surface area contributed by atoms with E-state index in [-0.39, 0.29) is 5.43 Å². The number of ether oxygens (including phenoxy) is 2. The molecule has 7 nitrogen and oxygen atoms in total. The zero-order valence-electron chi connectivity index (χ0n) is 18.1. The first-order valence-corrected chi connectivity index (χ1v) is 11.1. The number of hydrogen-bond acceptors (Lipinski definition) is 5. The largest absolute Gasteiger partial charge is 0.454 e. The third-order valence-corrected chi connectivity index (χ3v) is 6.69. The standard InChI is InChI=1S/C25H26N4O3/c1-16-24-19(6-7-26-16)18-3-4-21(30)20(25(18)27-24)14-29-10-8-28(9-11-29)13-17-2-5-22-23(12-17)32-15-31-22/h2-7,12,26-27H,8-11,13-15H2,1H3. The Morgan fingerprint density at radius 3 is 2.47 bits per heavy atom. The first-order valence-electron chi connectivity index (χ1n) is 11.1. The van der Waals surface area contributed by atoms with Gasteiger partial charge >= 0.3 is 0 Å². The van der Waals surface area contributed by atoms with Gasteiger partial charge in [-0.05, 0) is 42.8 Å². The van der Waals surface area contributed by atoms with Gasteiger partial charge in [0.25, 0.3) is 0 Å². The molecule has 1 saturated heterocycles. The normalized spacial score (nSPS) is 16.9. The van der Waals surface area contributed by atoms with Gasteiger partial charge in [0.1, 0.15) is 0 Å². The Morgan fingerprint density at radius 2 is 1.62 bits per heavy atom. The number of H-pyrrole nitrogens is 2. The minimum Gasteiger partial charge on any atom is -0.454 e. The van der Waals surface area contributed by atoms with Crippen LogP contribution in [0.2, 0.25) is 0 Å². The highest BCUT2D eigenvalue weighted by atomic mass is 16.7. The van der Waals surface area contributed by atoms with Crippen molar-refractivity contribution < 1.29 is 9.47 Å². The van der Waals surface area contributed by atoms with Crippen LogP contribution in [-0.4, -0.2) is 52.7 Å². The Morgan fingerprint density at radius 1 is 0.875 bits per heavy atom. The number of nitrogens with zero attached hydrogens (tertiary/aromatic N) is 2. The molecule has 0 unspecified atom stereocenters. The summed E-state index contributed by atoms with van der Waals surface area (Å²) in [4.78, 5) is 24.4. The summed E-state index contributed by atoms with van der Waals surface area (Å²) in [6.45, 7) is 7.74. The summed E-state index contributed by atoms with van der Waals surface area (Å²) in [5.41, 5.74) is 5.32. The molecule has 0 spiro atoms. The lowest BCUT2D eigenvalue weighted by molar-refractivity contribution is 0.122. The van der Waals surface area contributed by atoms with Crippen LogP contribution in [0.1, 0.15) is 16.8 Å². The number of nitrogens with one attached hydrogen (secondary N) is 2. The predicted octanol–water partition coefficient (Wildman–Crippen LogP) is 3.36. The molecule has 4 heterocycles. The fourth-order valence-corrected chi connectivity index (χ4v) is 4.90. The van der Waals surface area contributed by atoms with Gasteiger partial charge in [-0.1, -0.05) is 6.07 Å². The average Bonchev–Trinajstić information content (AvgIpc) is 3.42. The van der Waals surface area contributed by atoms with Crippen LogP contribution >= 0.6 is 0 Å². The highest BCUT2D eigenvalue weighted by molar-refractivity contribution is 6.08. The van der Waals surface area contributed by atoms with E-state index in [1.807, 2.05) is 18.3 Å². The van der Waals surface area contributed by atoms with Gasteiger partial charge in [-0.2, -0.15) is 0 Å². The van der Waals surface area contributed by atoms with E-state index in [2.05, 4.69) is 44.9 Å². The molecular weight excluding hydrogens is 404 g/mol. The molecule has 32 heavy (non-hydrogen) atoms. The van der Waals surface area contributed by atoms with E-state index in [0.29, 0.717) is 13.3 Å². The van der Waals surface area contributed by atoms with E-state index >= 15 is 0 Å². The van der Waals surface area contributed by atoms with Crippen molar-refractivity contribution in [2.45, 2.75) is 20.0 Å². The molecule has 2 aromatic carbocycles. The Bertz CT molecular complexity index is 1370. The molecule has 0 radical (unpaired) electrons. The highest BCUT2D eigenvalue weighted by Crippen LogP contribution is 2.33. The molecule has 2 aliphatic heterocycles. The van der Waals surface area contributed by atoms with Gasteiger partial charge in [0.2, 0.25) is 6.79 Å². The second kappa shape index (κ2) is 7.69. The molecule has 6 rings (SSSR count). The summed E-state index contributed by atoms with van der Waals surface area (Å²) in [5, 5.41) is 2.28. The molecule has 0 atom stereocenters. The Balaban J connectivity index is 1.18. The van der Waals surface area contributed by atoms with Crippen LogP contribution < -0.4 is 14.9 Å². The highest BCUT2D eigenvalue weighted by Gasteiger charge is 2.21. The number of aromatic amines is 2. The SMILES string of the molecule is Cc1[nH]ccc2c1[nH]c1c(CN3CCN(Cc4ccc5c(c4)OCO5)CC3)c(=O)ccc12.